The van der Waals surface area contributed by atoms with Crippen LogP contribution in [0.3, 0.4) is 0 Å². The van der Waals surface area contributed by atoms with Gasteiger partial charge in [-0.2, -0.15) is 0 Å². The van der Waals surface area contributed by atoms with Crippen molar-refractivity contribution in [3.05, 3.63) is 72.1 Å². The van der Waals surface area contributed by atoms with E-state index < -0.39 is 17.9 Å². The third kappa shape index (κ3) is 5.74. The molecule has 9 heteroatoms. The van der Waals surface area contributed by atoms with Crippen LogP contribution in [0.15, 0.2) is 63.6 Å². The normalized spacial score (nSPS) is 14.3. The first-order valence-electron chi connectivity index (χ1n) is 11.6. The molecular weight excluding hydrogens is 450 g/mol. The van der Waals surface area contributed by atoms with E-state index in [1.54, 1.807) is 56.5 Å². The predicted molar refractivity (Wildman–Crippen MR) is 128 cm³/mol. The van der Waals surface area contributed by atoms with Gasteiger partial charge in [-0.25, -0.2) is 0 Å². The standard InChI is InChI=1S/C26H29N3O6/c1-17-9-14-21(35-17)24(26(32)28-18-6-3-4-7-18)29(19-10-12-20(33-2)13-11-19)23(30)16-27-25(31)22-8-5-15-34-22/h5,8-15,18,24H,3-4,6-7,16H2,1-2H3,(H,27,31)(H,28,32)/t24-/m0/s1. The summed E-state index contributed by atoms with van der Waals surface area (Å²) in [6.45, 7) is 1.43. The molecule has 0 aliphatic heterocycles. The monoisotopic (exact) mass is 479 g/mol. The highest BCUT2D eigenvalue weighted by Crippen LogP contribution is 2.31. The number of nitrogens with zero attached hydrogens (tertiary/aromatic N) is 1. The molecule has 3 amide bonds. The van der Waals surface area contributed by atoms with Crippen molar-refractivity contribution in [2.24, 2.45) is 0 Å². The Morgan fingerprint density at radius 3 is 2.43 bits per heavy atom. The molecule has 2 aromatic heterocycles. The first-order chi connectivity index (χ1) is 17.0. The Hall–Kier alpha value is -4.01. The second-order valence-electron chi connectivity index (χ2n) is 8.46. The lowest BCUT2D eigenvalue weighted by molar-refractivity contribution is -0.127. The Morgan fingerprint density at radius 1 is 1.09 bits per heavy atom. The molecule has 184 valence electrons. The van der Waals surface area contributed by atoms with Gasteiger partial charge in [-0.3, -0.25) is 19.3 Å². The van der Waals surface area contributed by atoms with Crippen molar-refractivity contribution in [2.45, 2.75) is 44.7 Å². The summed E-state index contributed by atoms with van der Waals surface area (Å²) >= 11 is 0. The molecule has 3 aromatic rings. The molecule has 1 aliphatic rings. The van der Waals surface area contributed by atoms with Gasteiger partial charge in [0.15, 0.2) is 11.8 Å². The van der Waals surface area contributed by atoms with E-state index in [0.29, 0.717) is 23.0 Å². The summed E-state index contributed by atoms with van der Waals surface area (Å²) in [6, 6.07) is 12.3. The predicted octanol–water partition coefficient (Wildman–Crippen LogP) is 3.75. The van der Waals surface area contributed by atoms with Gasteiger partial charge in [-0.15, -0.1) is 0 Å². The molecule has 0 saturated heterocycles. The lowest BCUT2D eigenvalue weighted by Crippen LogP contribution is -2.49. The minimum absolute atomic E-state index is 0.0486. The molecule has 1 atom stereocenters. The van der Waals surface area contributed by atoms with Crippen molar-refractivity contribution in [1.29, 1.82) is 0 Å². The summed E-state index contributed by atoms with van der Waals surface area (Å²) in [5.41, 5.74) is 0.462. The van der Waals surface area contributed by atoms with Crippen molar-refractivity contribution in [2.75, 3.05) is 18.6 Å². The highest BCUT2D eigenvalue weighted by molar-refractivity contribution is 6.04. The molecule has 0 bridgehead atoms. The number of aryl methyl sites for hydroxylation is 1. The van der Waals surface area contributed by atoms with Crippen LogP contribution >= 0.6 is 0 Å². The maximum Gasteiger partial charge on any atom is 0.287 e. The topological polar surface area (TPSA) is 114 Å². The summed E-state index contributed by atoms with van der Waals surface area (Å²) in [4.78, 5) is 40.9. The molecule has 0 unspecified atom stereocenters. The van der Waals surface area contributed by atoms with Gasteiger partial charge in [0.2, 0.25) is 5.91 Å². The second-order valence-corrected chi connectivity index (χ2v) is 8.46. The van der Waals surface area contributed by atoms with Gasteiger partial charge in [0.05, 0.1) is 19.9 Å². The Morgan fingerprint density at radius 2 is 1.83 bits per heavy atom. The number of carbonyl (C=O) groups excluding carboxylic acids is 3. The van der Waals surface area contributed by atoms with Gasteiger partial charge >= 0.3 is 0 Å². The molecule has 0 spiro atoms. The highest BCUT2D eigenvalue weighted by Gasteiger charge is 2.36. The van der Waals surface area contributed by atoms with E-state index in [9.17, 15) is 14.4 Å². The Bertz CT molecular complexity index is 1150. The SMILES string of the molecule is COc1ccc(N(C(=O)CNC(=O)c2ccco2)[C@H](C(=O)NC2CCCC2)c2ccc(C)o2)cc1. The fraction of sp³-hybridized carbons (Fsp3) is 0.346. The number of amides is 3. The molecular formula is C26H29N3O6. The van der Waals surface area contributed by atoms with Crippen molar-refractivity contribution in [3.8, 4) is 5.75 Å². The van der Waals surface area contributed by atoms with E-state index in [1.807, 2.05) is 0 Å². The van der Waals surface area contributed by atoms with Crippen molar-refractivity contribution >= 4 is 23.4 Å². The number of hydrogen-bond acceptors (Lipinski definition) is 6. The van der Waals surface area contributed by atoms with Crippen LogP contribution in [-0.2, 0) is 9.59 Å². The zero-order valence-corrected chi connectivity index (χ0v) is 19.8. The lowest BCUT2D eigenvalue weighted by atomic mass is 10.1. The van der Waals surface area contributed by atoms with Crippen LogP contribution in [0.25, 0.3) is 0 Å². The smallest absolute Gasteiger partial charge is 0.287 e. The van der Waals surface area contributed by atoms with Crippen LogP contribution < -0.4 is 20.3 Å². The molecule has 2 N–H and O–H groups in total. The van der Waals surface area contributed by atoms with Crippen molar-refractivity contribution in [1.82, 2.24) is 10.6 Å². The summed E-state index contributed by atoms with van der Waals surface area (Å²) < 4.78 is 16.2. The third-order valence-corrected chi connectivity index (χ3v) is 6.00. The van der Waals surface area contributed by atoms with Gasteiger partial charge in [0.25, 0.3) is 11.8 Å². The first kappa shape index (κ1) is 24.1. The van der Waals surface area contributed by atoms with Crippen LogP contribution in [0.1, 0.15) is 53.8 Å². The molecule has 1 fully saturated rings. The number of anilines is 1. The maximum absolute atomic E-state index is 13.6. The number of rotatable bonds is 9. The summed E-state index contributed by atoms with van der Waals surface area (Å²) in [5.74, 6) is 0.285. The summed E-state index contributed by atoms with van der Waals surface area (Å²) in [7, 11) is 1.55. The summed E-state index contributed by atoms with van der Waals surface area (Å²) in [6.07, 6.45) is 5.27. The van der Waals surface area contributed by atoms with Gasteiger partial charge in [0.1, 0.15) is 17.3 Å². The molecule has 1 aromatic carbocycles. The van der Waals surface area contributed by atoms with Gasteiger partial charge < -0.3 is 24.2 Å². The van der Waals surface area contributed by atoms with Crippen LogP contribution in [0.2, 0.25) is 0 Å². The lowest BCUT2D eigenvalue weighted by Gasteiger charge is -2.31. The number of furan rings is 2. The van der Waals surface area contributed by atoms with Crippen LogP contribution in [-0.4, -0.2) is 37.4 Å². The van der Waals surface area contributed by atoms with E-state index in [4.69, 9.17) is 13.6 Å². The average Bonchev–Trinajstić information content (AvgIpc) is 3.64. The van der Waals surface area contributed by atoms with Crippen LogP contribution in [0.5, 0.6) is 5.75 Å². The number of methoxy groups -OCH3 is 1. The average molecular weight is 480 g/mol. The van der Waals surface area contributed by atoms with Crippen LogP contribution in [0.4, 0.5) is 5.69 Å². The molecule has 4 rings (SSSR count). The van der Waals surface area contributed by atoms with Crippen LogP contribution in [0, 0.1) is 6.92 Å². The largest absolute Gasteiger partial charge is 0.497 e. The highest BCUT2D eigenvalue weighted by atomic mass is 16.5. The fourth-order valence-electron chi connectivity index (χ4n) is 4.24. The van der Waals surface area contributed by atoms with Gasteiger partial charge in [-0.1, -0.05) is 12.8 Å². The number of carbonyl (C=O) groups is 3. The van der Waals surface area contributed by atoms with Gasteiger partial charge in [0, 0.05) is 11.7 Å². The molecule has 1 saturated carbocycles. The number of ether oxygens (including phenoxy) is 1. The number of hydrogen-bond donors (Lipinski definition) is 2. The molecule has 2 heterocycles. The van der Waals surface area contributed by atoms with E-state index in [2.05, 4.69) is 10.6 Å². The van der Waals surface area contributed by atoms with E-state index in [0.717, 1.165) is 25.7 Å². The zero-order chi connectivity index (χ0) is 24.8. The quantitative estimate of drug-likeness (QED) is 0.483. The number of nitrogens with one attached hydrogen (secondary N) is 2. The van der Waals surface area contributed by atoms with Crippen molar-refractivity contribution in [3.63, 3.8) is 0 Å². The Kier molecular flexibility index (Phi) is 7.54. The molecule has 9 nitrogen and oxygen atoms in total. The second kappa shape index (κ2) is 10.9. The summed E-state index contributed by atoms with van der Waals surface area (Å²) in [5, 5.41) is 5.65. The minimum atomic E-state index is -1.06. The molecule has 1 aliphatic carbocycles. The first-order valence-corrected chi connectivity index (χ1v) is 11.6. The maximum atomic E-state index is 13.6. The Labute approximate surface area is 203 Å². The molecule has 35 heavy (non-hydrogen) atoms. The minimum Gasteiger partial charge on any atom is -0.497 e. The number of benzene rings is 1. The van der Waals surface area contributed by atoms with Gasteiger partial charge in [-0.05, 0) is 68.3 Å². The van der Waals surface area contributed by atoms with E-state index in [1.165, 1.54) is 17.2 Å². The third-order valence-electron chi connectivity index (χ3n) is 6.00. The van der Waals surface area contributed by atoms with E-state index in [-0.39, 0.29) is 24.3 Å². The zero-order valence-electron chi connectivity index (χ0n) is 19.8. The molecule has 0 radical (unpaired) electrons. The van der Waals surface area contributed by atoms with Crippen molar-refractivity contribution < 1.29 is 28.0 Å². The van der Waals surface area contributed by atoms with E-state index >= 15 is 0 Å². The fourth-order valence-corrected chi connectivity index (χ4v) is 4.24. The Balaban J connectivity index is 1.66.